The summed E-state index contributed by atoms with van der Waals surface area (Å²) in [4.78, 5) is 26.6. The van der Waals surface area contributed by atoms with Crippen molar-refractivity contribution >= 4 is 17.6 Å². The number of carbonyl (C=O) groups is 2. The van der Waals surface area contributed by atoms with Crippen LogP contribution in [0.4, 0.5) is 5.69 Å². The van der Waals surface area contributed by atoms with Gasteiger partial charge in [-0.3, -0.25) is 14.6 Å². The summed E-state index contributed by atoms with van der Waals surface area (Å²) in [5.74, 6) is -1.24. The summed E-state index contributed by atoms with van der Waals surface area (Å²) in [6, 6.07) is 18.5. The summed E-state index contributed by atoms with van der Waals surface area (Å²) in [5.41, 5.74) is -0.840. The maximum atomic E-state index is 13.3. The number of esters is 2. The Bertz CT molecular complexity index is 835. The first-order valence-corrected chi connectivity index (χ1v) is 9.13. The molecule has 0 aromatic heterocycles. The summed E-state index contributed by atoms with van der Waals surface area (Å²) in [5, 5.41) is 3.90. The zero-order valence-corrected chi connectivity index (χ0v) is 16.9. The molecule has 1 fully saturated rings. The minimum atomic E-state index is -1.59. The molecule has 2 aromatic carbocycles. The Morgan fingerprint density at radius 1 is 0.857 bits per heavy atom. The van der Waals surface area contributed by atoms with Crippen LogP contribution >= 0.6 is 0 Å². The van der Waals surface area contributed by atoms with E-state index >= 15 is 0 Å². The average molecular weight is 382 g/mol. The highest BCUT2D eigenvalue weighted by molar-refractivity contribution is 6.04. The number of anilines is 1. The van der Waals surface area contributed by atoms with Gasteiger partial charge in [-0.2, -0.15) is 0 Å². The number of ether oxygens (including phenoxy) is 2. The minimum absolute atomic E-state index is 0.622. The highest BCUT2D eigenvalue weighted by Gasteiger charge is 2.73. The van der Waals surface area contributed by atoms with Crippen molar-refractivity contribution < 1.29 is 19.1 Å². The molecule has 0 bridgehead atoms. The smallest absolute Gasteiger partial charge is 0.327 e. The molecule has 0 N–H and O–H groups in total. The van der Waals surface area contributed by atoms with Crippen molar-refractivity contribution in [3.63, 3.8) is 0 Å². The molecule has 1 aliphatic heterocycles. The van der Waals surface area contributed by atoms with Crippen molar-refractivity contribution in [2.24, 2.45) is 5.41 Å². The monoisotopic (exact) mass is 382 g/mol. The number of hydrogen-bond acceptors (Lipinski definition) is 6. The van der Waals surface area contributed by atoms with Gasteiger partial charge in [0.15, 0.2) is 0 Å². The fourth-order valence-corrected chi connectivity index (χ4v) is 4.27. The van der Waals surface area contributed by atoms with Crippen molar-refractivity contribution in [3.05, 3.63) is 66.2 Å². The van der Waals surface area contributed by atoms with Crippen molar-refractivity contribution in [1.29, 1.82) is 0 Å². The lowest BCUT2D eigenvalue weighted by Gasteiger charge is -2.39. The quantitative estimate of drug-likeness (QED) is 0.598. The molecular formula is C22H26N2O4. The Morgan fingerprint density at radius 3 is 1.79 bits per heavy atom. The first kappa shape index (κ1) is 19.9. The number of hydrazine groups is 1. The van der Waals surface area contributed by atoms with E-state index in [9.17, 15) is 9.59 Å². The second-order valence-corrected chi connectivity index (χ2v) is 7.37. The van der Waals surface area contributed by atoms with Crippen molar-refractivity contribution in [2.45, 2.75) is 25.4 Å². The molecule has 0 unspecified atom stereocenters. The van der Waals surface area contributed by atoms with Crippen LogP contribution < -0.4 is 5.01 Å². The second kappa shape index (κ2) is 7.28. The molecule has 0 spiro atoms. The zero-order chi connectivity index (χ0) is 20.5. The van der Waals surface area contributed by atoms with E-state index in [1.54, 1.807) is 0 Å². The van der Waals surface area contributed by atoms with E-state index in [2.05, 4.69) is 0 Å². The molecule has 0 radical (unpaired) electrons. The van der Waals surface area contributed by atoms with Gasteiger partial charge in [0.2, 0.25) is 5.41 Å². The maximum Gasteiger partial charge on any atom is 0.327 e. The third-order valence-electron chi connectivity index (χ3n) is 5.90. The van der Waals surface area contributed by atoms with Gasteiger partial charge in [-0.25, -0.2) is 5.01 Å². The fraction of sp³-hybridized carbons (Fsp3) is 0.364. The van der Waals surface area contributed by atoms with Gasteiger partial charge in [-0.1, -0.05) is 48.5 Å². The molecule has 0 aliphatic carbocycles. The Hall–Kier alpha value is -2.86. The number of nitrogens with zero attached hydrogens (tertiary/aromatic N) is 2. The van der Waals surface area contributed by atoms with Crippen LogP contribution in [0.25, 0.3) is 0 Å². The third kappa shape index (κ3) is 2.59. The Morgan fingerprint density at radius 2 is 1.32 bits per heavy atom. The lowest BCUT2D eigenvalue weighted by atomic mass is 9.65. The van der Waals surface area contributed by atoms with Crippen LogP contribution in [0, 0.1) is 5.41 Å². The first-order chi connectivity index (χ1) is 13.3. The Labute approximate surface area is 165 Å². The van der Waals surface area contributed by atoms with Crippen LogP contribution in [0.1, 0.15) is 25.5 Å². The molecule has 1 heterocycles. The van der Waals surface area contributed by atoms with E-state index in [1.807, 2.05) is 91.6 Å². The van der Waals surface area contributed by atoms with E-state index < -0.39 is 28.9 Å². The molecule has 1 saturated heterocycles. The Kier molecular flexibility index (Phi) is 5.17. The molecule has 1 aliphatic rings. The molecule has 148 valence electrons. The number of benzene rings is 2. The lowest BCUT2D eigenvalue weighted by molar-refractivity contribution is -0.176. The molecular weight excluding hydrogens is 356 g/mol. The Balaban J connectivity index is 2.37. The summed E-state index contributed by atoms with van der Waals surface area (Å²) in [6.07, 6.45) is 0. The van der Waals surface area contributed by atoms with Crippen LogP contribution in [0.15, 0.2) is 60.7 Å². The van der Waals surface area contributed by atoms with Gasteiger partial charge in [0.1, 0.15) is 0 Å². The van der Waals surface area contributed by atoms with E-state index in [4.69, 9.17) is 9.47 Å². The van der Waals surface area contributed by atoms with Gasteiger partial charge in [-0.15, -0.1) is 0 Å². The van der Waals surface area contributed by atoms with Crippen molar-refractivity contribution in [1.82, 2.24) is 5.01 Å². The molecule has 6 nitrogen and oxygen atoms in total. The summed E-state index contributed by atoms with van der Waals surface area (Å²) in [7, 11) is 4.48. The average Bonchev–Trinajstić information content (AvgIpc) is 2.92. The number of rotatable bonds is 4. The number of carbonyl (C=O) groups excluding carboxylic acids is 2. The highest BCUT2D eigenvalue weighted by atomic mass is 16.5. The normalized spacial score (nSPS) is 20.6. The second-order valence-electron chi connectivity index (χ2n) is 7.37. The molecule has 28 heavy (non-hydrogen) atoms. The standard InChI is InChI=1S/C22H26N2O4/c1-21(2)22(19(25)27-4,20(26)28-5)18(16-12-8-6-9-13-16)24(23(21)3)17-14-10-7-11-15-17/h6-15,18H,1-5H3/t18-/m1/s1. The molecule has 0 saturated carbocycles. The lowest BCUT2D eigenvalue weighted by Crippen LogP contribution is -2.58. The van der Waals surface area contributed by atoms with Crippen LogP contribution in [-0.2, 0) is 19.1 Å². The highest BCUT2D eigenvalue weighted by Crippen LogP contribution is 2.58. The predicted octanol–water partition coefficient (Wildman–Crippen LogP) is 3.21. The van der Waals surface area contributed by atoms with Gasteiger partial charge in [0.25, 0.3) is 0 Å². The third-order valence-corrected chi connectivity index (χ3v) is 5.90. The molecule has 6 heteroatoms. The first-order valence-electron chi connectivity index (χ1n) is 9.13. The van der Waals surface area contributed by atoms with Crippen molar-refractivity contribution in [3.8, 4) is 0 Å². The van der Waals surface area contributed by atoms with Gasteiger partial charge in [0.05, 0.1) is 31.5 Å². The topological polar surface area (TPSA) is 59.1 Å². The summed E-state index contributed by atoms with van der Waals surface area (Å²) >= 11 is 0. The largest absolute Gasteiger partial charge is 0.468 e. The van der Waals surface area contributed by atoms with E-state index in [1.165, 1.54) is 14.2 Å². The van der Waals surface area contributed by atoms with Gasteiger partial charge >= 0.3 is 11.9 Å². The molecule has 2 aromatic rings. The van der Waals surface area contributed by atoms with Gasteiger partial charge in [0, 0.05) is 7.05 Å². The van der Waals surface area contributed by atoms with Crippen LogP contribution in [0.2, 0.25) is 0 Å². The number of methoxy groups -OCH3 is 2. The van der Waals surface area contributed by atoms with Crippen LogP contribution in [0.5, 0.6) is 0 Å². The van der Waals surface area contributed by atoms with Gasteiger partial charge in [-0.05, 0) is 31.5 Å². The molecule has 0 amide bonds. The fourth-order valence-electron chi connectivity index (χ4n) is 4.27. The van der Waals surface area contributed by atoms with Gasteiger partial charge < -0.3 is 9.47 Å². The van der Waals surface area contributed by atoms with Crippen LogP contribution in [-0.4, -0.2) is 43.8 Å². The number of para-hydroxylation sites is 1. The predicted molar refractivity (Wildman–Crippen MR) is 106 cm³/mol. The van der Waals surface area contributed by atoms with Crippen LogP contribution in [0.3, 0.4) is 0 Å². The van der Waals surface area contributed by atoms with Crippen molar-refractivity contribution in [2.75, 3.05) is 26.3 Å². The summed E-state index contributed by atoms with van der Waals surface area (Å²) in [6.45, 7) is 3.72. The molecule has 1 atom stereocenters. The van der Waals surface area contributed by atoms with E-state index in [0.29, 0.717) is 0 Å². The van der Waals surface area contributed by atoms with E-state index in [0.717, 1.165) is 11.3 Å². The molecule has 3 rings (SSSR count). The van der Waals surface area contributed by atoms with E-state index in [-0.39, 0.29) is 0 Å². The SMILES string of the molecule is COC(=O)C1(C(=O)OC)[C@@H](c2ccccc2)N(c2ccccc2)N(C)C1(C)C. The zero-order valence-electron chi connectivity index (χ0n) is 16.9. The summed E-state index contributed by atoms with van der Waals surface area (Å²) < 4.78 is 10.4. The maximum absolute atomic E-state index is 13.3. The number of hydrogen-bond donors (Lipinski definition) is 0. The minimum Gasteiger partial charge on any atom is -0.468 e.